The first-order valence-electron chi connectivity index (χ1n) is 10.1. The quantitative estimate of drug-likeness (QED) is 0.479. The summed E-state index contributed by atoms with van der Waals surface area (Å²) in [4.78, 5) is 32.6. The van der Waals surface area contributed by atoms with Crippen molar-refractivity contribution in [1.29, 1.82) is 0 Å². The molecule has 0 radical (unpaired) electrons. The predicted octanol–water partition coefficient (Wildman–Crippen LogP) is 3.59. The summed E-state index contributed by atoms with van der Waals surface area (Å²) >= 11 is 2.97. The Hall–Kier alpha value is -2.06. The second kappa shape index (κ2) is 7.65. The number of amides is 1. The summed E-state index contributed by atoms with van der Waals surface area (Å²) in [5.41, 5.74) is 1.15. The Morgan fingerprint density at radius 3 is 3.03 bits per heavy atom. The fourth-order valence-electron chi connectivity index (χ4n) is 3.84. The van der Waals surface area contributed by atoms with Crippen molar-refractivity contribution in [2.45, 2.75) is 56.8 Å². The third-order valence-electron chi connectivity index (χ3n) is 5.55. The van der Waals surface area contributed by atoms with Crippen molar-refractivity contribution in [3.8, 4) is 0 Å². The Morgan fingerprint density at radius 2 is 2.28 bits per heavy atom. The number of rotatable bonds is 6. The molecular weight excluding hydrogens is 406 g/mol. The molecule has 8 heteroatoms. The number of aromatic nitrogens is 2. The molecule has 0 aromatic carbocycles. The lowest BCUT2D eigenvalue weighted by molar-refractivity contribution is -0.118. The van der Waals surface area contributed by atoms with Gasteiger partial charge in [0.1, 0.15) is 10.6 Å². The predicted molar refractivity (Wildman–Crippen MR) is 115 cm³/mol. The minimum atomic E-state index is -0.0245. The van der Waals surface area contributed by atoms with Crippen molar-refractivity contribution >= 4 is 39.2 Å². The number of nitrogens with one attached hydrogen (secondary N) is 1. The maximum Gasteiger partial charge on any atom is 0.263 e. The second-order valence-electron chi connectivity index (χ2n) is 8.03. The number of hydrogen-bond donors (Lipinski definition) is 1. The lowest BCUT2D eigenvalue weighted by Gasteiger charge is -2.17. The number of aryl methyl sites for hydroxylation is 1. The maximum atomic E-state index is 13.5. The average Bonchev–Trinajstić information content (AvgIpc) is 3.21. The summed E-state index contributed by atoms with van der Waals surface area (Å²) in [6, 6.07) is 4.00. The highest BCUT2D eigenvalue weighted by Gasteiger charge is 2.26. The first kappa shape index (κ1) is 18.9. The van der Waals surface area contributed by atoms with Gasteiger partial charge in [0.05, 0.1) is 23.9 Å². The van der Waals surface area contributed by atoms with Crippen LogP contribution < -0.4 is 10.9 Å². The Balaban J connectivity index is 1.53. The summed E-state index contributed by atoms with van der Waals surface area (Å²) in [6.45, 7) is 2.58. The molecule has 2 aliphatic rings. The minimum absolute atomic E-state index is 0.00399. The fraction of sp³-hybridized carbons (Fsp3) is 0.476. The van der Waals surface area contributed by atoms with Gasteiger partial charge < -0.3 is 9.73 Å². The Kier molecular flexibility index (Phi) is 4.99. The van der Waals surface area contributed by atoms with Gasteiger partial charge in [0.2, 0.25) is 5.91 Å². The number of carbonyl (C=O) groups excluding carboxylic acids is 1. The first-order chi connectivity index (χ1) is 14.1. The third-order valence-corrected chi connectivity index (χ3v) is 7.67. The Morgan fingerprint density at radius 1 is 1.41 bits per heavy atom. The van der Waals surface area contributed by atoms with Crippen LogP contribution in [0.1, 0.15) is 42.4 Å². The maximum absolute atomic E-state index is 13.5. The molecule has 0 spiro atoms. The topological polar surface area (TPSA) is 77.1 Å². The van der Waals surface area contributed by atoms with Crippen LogP contribution in [0, 0.1) is 5.92 Å². The van der Waals surface area contributed by atoms with Crippen LogP contribution in [0.2, 0.25) is 0 Å². The molecule has 3 aromatic heterocycles. The zero-order valence-corrected chi connectivity index (χ0v) is 17.9. The van der Waals surface area contributed by atoms with Crippen LogP contribution >= 0.6 is 23.1 Å². The Labute approximate surface area is 176 Å². The van der Waals surface area contributed by atoms with Gasteiger partial charge in [-0.1, -0.05) is 18.7 Å². The van der Waals surface area contributed by atoms with Crippen LogP contribution in [0.4, 0.5) is 0 Å². The largest absolute Gasteiger partial charge is 0.467 e. The molecule has 1 atom stereocenters. The molecule has 0 saturated heterocycles. The summed E-state index contributed by atoms with van der Waals surface area (Å²) in [5, 5.41) is 4.33. The van der Waals surface area contributed by atoms with Crippen molar-refractivity contribution in [2.24, 2.45) is 5.92 Å². The van der Waals surface area contributed by atoms with Gasteiger partial charge >= 0.3 is 0 Å². The third kappa shape index (κ3) is 3.88. The van der Waals surface area contributed by atoms with E-state index in [4.69, 9.17) is 9.40 Å². The normalized spacial score (nSPS) is 18.7. The van der Waals surface area contributed by atoms with Crippen molar-refractivity contribution < 1.29 is 9.21 Å². The van der Waals surface area contributed by atoms with Gasteiger partial charge in [-0.15, -0.1) is 11.3 Å². The van der Waals surface area contributed by atoms with Crippen molar-refractivity contribution in [1.82, 2.24) is 14.9 Å². The number of thioether (sulfide) groups is 1. The van der Waals surface area contributed by atoms with E-state index in [0.29, 0.717) is 29.4 Å². The highest BCUT2D eigenvalue weighted by molar-refractivity contribution is 7.99. The zero-order chi connectivity index (χ0) is 20.0. The van der Waals surface area contributed by atoms with Gasteiger partial charge in [0.25, 0.3) is 5.56 Å². The van der Waals surface area contributed by atoms with E-state index in [9.17, 15) is 9.59 Å². The van der Waals surface area contributed by atoms with Gasteiger partial charge in [-0.25, -0.2) is 4.98 Å². The van der Waals surface area contributed by atoms with E-state index < -0.39 is 0 Å². The first-order valence-corrected chi connectivity index (χ1v) is 11.9. The second-order valence-corrected chi connectivity index (χ2v) is 10.1. The highest BCUT2D eigenvalue weighted by atomic mass is 32.2. The number of nitrogens with zero attached hydrogens (tertiary/aromatic N) is 2. The van der Waals surface area contributed by atoms with E-state index in [1.54, 1.807) is 22.2 Å². The van der Waals surface area contributed by atoms with E-state index in [-0.39, 0.29) is 17.2 Å². The number of carbonyl (C=O) groups is 1. The molecule has 5 rings (SSSR count). The summed E-state index contributed by atoms with van der Waals surface area (Å²) < 4.78 is 7.15. The molecule has 3 aromatic rings. The zero-order valence-electron chi connectivity index (χ0n) is 16.3. The number of furan rings is 1. The van der Waals surface area contributed by atoms with Gasteiger partial charge in [0, 0.05) is 10.9 Å². The minimum Gasteiger partial charge on any atom is -0.467 e. The van der Waals surface area contributed by atoms with Crippen molar-refractivity contribution in [3.05, 3.63) is 45.0 Å². The molecule has 0 aliphatic heterocycles. The van der Waals surface area contributed by atoms with E-state index in [1.807, 2.05) is 12.1 Å². The van der Waals surface area contributed by atoms with Gasteiger partial charge in [-0.05, 0) is 55.7 Å². The lowest BCUT2D eigenvalue weighted by Crippen LogP contribution is -2.28. The molecular formula is C21H23N3O3S2. The van der Waals surface area contributed by atoms with Gasteiger partial charge in [-0.3, -0.25) is 14.2 Å². The molecule has 6 nitrogen and oxygen atoms in total. The van der Waals surface area contributed by atoms with Crippen LogP contribution in [-0.4, -0.2) is 27.3 Å². The van der Waals surface area contributed by atoms with E-state index in [0.717, 1.165) is 42.3 Å². The number of hydrogen-bond acceptors (Lipinski definition) is 6. The van der Waals surface area contributed by atoms with Crippen LogP contribution in [0.5, 0.6) is 0 Å². The van der Waals surface area contributed by atoms with Crippen LogP contribution in [0.3, 0.4) is 0 Å². The SMILES string of the molecule is CC1CCc2c(sc3nc(SCC(=O)NC4CC4)n(Cc4ccco4)c(=O)c23)C1. The highest BCUT2D eigenvalue weighted by Crippen LogP contribution is 2.36. The molecule has 3 heterocycles. The lowest BCUT2D eigenvalue weighted by atomic mass is 9.89. The van der Waals surface area contributed by atoms with Crippen LogP contribution in [-0.2, 0) is 24.2 Å². The fourth-order valence-corrected chi connectivity index (χ4v) is 6.07. The molecule has 1 unspecified atom stereocenters. The molecule has 0 bridgehead atoms. The molecule has 1 N–H and O–H groups in total. The molecule has 1 fully saturated rings. The molecule has 1 amide bonds. The molecule has 29 heavy (non-hydrogen) atoms. The monoisotopic (exact) mass is 429 g/mol. The standard InChI is InChI=1S/C21H23N3O3S2/c1-12-4-7-15-16(9-12)29-19-18(15)20(26)24(10-14-3-2-8-27-14)21(23-19)28-11-17(25)22-13-5-6-13/h2-3,8,12-13H,4-7,9-11H2,1H3,(H,22,25). The van der Waals surface area contributed by atoms with Crippen LogP contribution in [0.15, 0.2) is 32.8 Å². The molecule has 2 aliphatic carbocycles. The Bertz CT molecular complexity index is 1110. The van der Waals surface area contributed by atoms with Crippen molar-refractivity contribution in [3.63, 3.8) is 0 Å². The van der Waals surface area contributed by atoms with E-state index >= 15 is 0 Å². The van der Waals surface area contributed by atoms with Gasteiger partial charge in [0.15, 0.2) is 5.16 Å². The summed E-state index contributed by atoms with van der Waals surface area (Å²) in [5.74, 6) is 1.60. The summed E-state index contributed by atoms with van der Waals surface area (Å²) in [7, 11) is 0. The number of fused-ring (bicyclic) bond motifs is 3. The summed E-state index contributed by atoms with van der Waals surface area (Å²) in [6.07, 6.45) is 6.78. The number of thiophene rings is 1. The van der Waals surface area contributed by atoms with E-state index in [2.05, 4.69) is 12.2 Å². The van der Waals surface area contributed by atoms with Crippen LogP contribution in [0.25, 0.3) is 10.2 Å². The average molecular weight is 430 g/mol. The molecule has 1 saturated carbocycles. The smallest absolute Gasteiger partial charge is 0.263 e. The van der Waals surface area contributed by atoms with Gasteiger partial charge in [-0.2, -0.15) is 0 Å². The van der Waals surface area contributed by atoms with E-state index in [1.165, 1.54) is 22.2 Å². The van der Waals surface area contributed by atoms with Crippen molar-refractivity contribution in [2.75, 3.05) is 5.75 Å². The molecule has 152 valence electrons.